The average Bonchev–Trinajstić information content (AvgIpc) is 2.64. The zero-order valence-electron chi connectivity index (χ0n) is 17.2. The molecule has 0 aliphatic rings. The SMILES string of the molecule is CCCCCCCC(CCCCC(C)C)OC(=O)c1ccccc1C(=O)O. The van der Waals surface area contributed by atoms with Crippen molar-refractivity contribution in [2.75, 3.05) is 0 Å². The van der Waals surface area contributed by atoms with Crippen LogP contribution in [-0.2, 0) is 4.74 Å². The molecule has 0 aliphatic heterocycles. The highest BCUT2D eigenvalue weighted by Crippen LogP contribution is 2.19. The quantitative estimate of drug-likeness (QED) is 0.298. The fourth-order valence-corrected chi connectivity index (χ4v) is 3.22. The zero-order valence-corrected chi connectivity index (χ0v) is 17.2. The van der Waals surface area contributed by atoms with Gasteiger partial charge >= 0.3 is 11.9 Å². The van der Waals surface area contributed by atoms with Gasteiger partial charge < -0.3 is 9.84 Å². The van der Waals surface area contributed by atoms with Crippen molar-refractivity contribution in [1.82, 2.24) is 0 Å². The largest absolute Gasteiger partial charge is 0.478 e. The van der Waals surface area contributed by atoms with Crippen LogP contribution in [0.5, 0.6) is 0 Å². The molecule has 0 bridgehead atoms. The summed E-state index contributed by atoms with van der Waals surface area (Å²) in [7, 11) is 0. The molecule has 1 aromatic carbocycles. The second kappa shape index (κ2) is 13.3. The van der Waals surface area contributed by atoms with Crippen molar-refractivity contribution in [3.63, 3.8) is 0 Å². The third kappa shape index (κ3) is 9.60. The van der Waals surface area contributed by atoms with Crippen LogP contribution >= 0.6 is 0 Å². The van der Waals surface area contributed by atoms with Crippen molar-refractivity contribution in [2.45, 2.75) is 91.1 Å². The van der Waals surface area contributed by atoms with Crippen molar-refractivity contribution in [2.24, 2.45) is 5.92 Å². The number of rotatable bonds is 14. The minimum absolute atomic E-state index is 0.00371. The maximum atomic E-state index is 12.6. The van der Waals surface area contributed by atoms with E-state index in [2.05, 4.69) is 20.8 Å². The van der Waals surface area contributed by atoms with Gasteiger partial charge in [0, 0.05) is 0 Å². The van der Waals surface area contributed by atoms with E-state index in [1.165, 1.54) is 37.8 Å². The molecule has 1 aromatic rings. The molecule has 0 radical (unpaired) electrons. The van der Waals surface area contributed by atoms with E-state index in [1.807, 2.05) is 0 Å². The summed E-state index contributed by atoms with van der Waals surface area (Å²) in [5, 5.41) is 9.29. The van der Waals surface area contributed by atoms with Gasteiger partial charge in [0.25, 0.3) is 0 Å². The molecule has 0 spiro atoms. The van der Waals surface area contributed by atoms with Gasteiger partial charge in [0.15, 0.2) is 0 Å². The molecule has 0 amide bonds. The molecule has 152 valence electrons. The maximum Gasteiger partial charge on any atom is 0.339 e. The van der Waals surface area contributed by atoms with Crippen molar-refractivity contribution >= 4 is 11.9 Å². The Hall–Kier alpha value is -1.84. The Morgan fingerprint density at radius 1 is 0.889 bits per heavy atom. The van der Waals surface area contributed by atoms with E-state index in [4.69, 9.17) is 4.74 Å². The lowest BCUT2D eigenvalue weighted by molar-refractivity contribution is 0.0243. The van der Waals surface area contributed by atoms with E-state index in [0.717, 1.165) is 38.5 Å². The summed E-state index contributed by atoms with van der Waals surface area (Å²) in [5.41, 5.74) is 0.146. The highest BCUT2D eigenvalue weighted by Gasteiger charge is 2.20. The number of carbonyl (C=O) groups excluding carboxylic acids is 1. The van der Waals surface area contributed by atoms with Crippen LogP contribution in [0.4, 0.5) is 0 Å². The third-order valence-electron chi connectivity index (χ3n) is 4.84. The lowest BCUT2D eigenvalue weighted by atomic mass is 10.0. The molecule has 1 unspecified atom stereocenters. The number of hydrogen-bond donors (Lipinski definition) is 1. The van der Waals surface area contributed by atoms with Crippen LogP contribution in [-0.4, -0.2) is 23.1 Å². The number of unbranched alkanes of at least 4 members (excludes halogenated alkanes) is 5. The van der Waals surface area contributed by atoms with Gasteiger partial charge in [-0.1, -0.05) is 71.4 Å². The summed E-state index contributed by atoms with van der Waals surface area (Å²) >= 11 is 0. The number of ether oxygens (including phenoxy) is 1. The van der Waals surface area contributed by atoms with Crippen molar-refractivity contribution < 1.29 is 19.4 Å². The van der Waals surface area contributed by atoms with Gasteiger partial charge in [-0.25, -0.2) is 9.59 Å². The van der Waals surface area contributed by atoms with Gasteiger partial charge in [-0.3, -0.25) is 0 Å². The number of carbonyl (C=O) groups is 2. The Morgan fingerprint density at radius 2 is 1.44 bits per heavy atom. The highest BCUT2D eigenvalue weighted by molar-refractivity contribution is 6.02. The molecule has 1 atom stereocenters. The molecular weight excluding hydrogens is 340 g/mol. The molecule has 1 N–H and O–H groups in total. The number of carboxylic acid groups (broad SMARTS) is 1. The Bertz CT molecular complexity index is 565. The van der Waals surface area contributed by atoms with E-state index in [-0.39, 0.29) is 17.2 Å². The molecule has 4 heteroatoms. The van der Waals surface area contributed by atoms with E-state index < -0.39 is 11.9 Å². The van der Waals surface area contributed by atoms with Crippen molar-refractivity contribution in [3.05, 3.63) is 35.4 Å². The maximum absolute atomic E-state index is 12.6. The Morgan fingerprint density at radius 3 is 2.04 bits per heavy atom. The molecule has 4 nitrogen and oxygen atoms in total. The summed E-state index contributed by atoms with van der Waals surface area (Å²) in [6, 6.07) is 6.27. The molecule has 0 aliphatic carbocycles. The van der Waals surface area contributed by atoms with Crippen LogP contribution in [0.1, 0.15) is 106 Å². The number of esters is 1. The first-order chi connectivity index (χ1) is 13.0. The van der Waals surface area contributed by atoms with Gasteiger partial charge in [-0.15, -0.1) is 0 Å². The summed E-state index contributed by atoms with van der Waals surface area (Å²) < 4.78 is 5.74. The minimum atomic E-state index is -1.10. The lowest BCUT2D eigenvalue weighted by Crippen LogP contribution is -2.20. The van der Waals surface area contributed by atoms with E-state index in [1.54, 1.807) is 12.1 Å². The van der Waals surface area contributed by atoms with Crippen LogP contribution in [0.2, 0.25) is 0 Å². The lowest BCUT2D eigenvalue weighted by Gasteiger charge is -2.19. The molecule has 1 rings (SSSR count). The Balaban J connectivity index is 2.64. The van der Waals surface area contributed by atoms with E-state index in [0.29, 0.717) is 5.92 Å². The minimum Gasteiger partial charge on any atom is -0.478 e. The number of benzene rings is 1. The fourth-order valence-electron chi connectivity index (χ4n) is 3.22. The van der Waals surface area contributed by atoms with Gasteiger partial charge in [0.2, 0.25) is 0 Å². The molecule has 0 heterocycles. The Kier molecular flexibility index (Phi) is 11.5. The highest BCUT2D eigenvalue weighted by atomic mass is 16.5. The summed E-state index contributed by atoms with van der Waals surface area (Å²) in [4.78, 5) is 23.9. The van der Waals surface area contributed by atoms with E-state index >= 15 is 0 Å². The number of hydrogen-bond acceptors (Lipinski definition) is 3. The summed E-state index contributed by atoms with van der Waals surface area (Å²) in [6.07, 6.45) is 10.8. The predicted molar refractivity (Wildman–Crippen MR) is 109 cm³/mol. The first kappa shape index (κ1) is 23.2. The topological polar surface area (TPSA) is 63.6 Å². The van der Waals surface area contributed by atoms with Crippen LogP contribution in [0.15, 0.2) is 24.3 Å². The smallest absolute Gasteiger partial charge is 0.339 e. The van der Waals surface area contributed by atoms with Crippen LogP contribution in [0, 0.1) is 5.92 Å². The first-order valence-corrected chi connectivity index (χ1v) is 10.5. The number of aromatic carboxylic acids is 1. The molecular formula is C23H36O4. The normalized spacial score (nSPS) is 12.1. The van der Waals surface area contributed by atoms with Gasteiger partial charge in [0.1, 0.15) is 6.10 Å². The fraction of sp³-hybridized carbons (Fsp3) is 0.652. The second-order valence-electron chi connectivity index (χ2n) is 7.76. The van der Waals surface area contributed by atoms with Gasteiger partial charge in [-0.2, -0.15) is 0 Å². The standard InChI is InChI=1S/C23H36O4/c1-4-5-6-7-8-14-19(15-10-9-13-18(2)3)27-23(26)21-17-12-11-16-20(21)22(24)25/h11-12,16-19H,4-10,13-15H2,1-3H3,(H,24,25). The Labute approximate surface area is 164 Å². The first-order valence-electron chi connectivity index (χ1n) is 10.5. The summed E-state index contributed by atoms with van der Waals surface area (Å²) in [6.45, 7) is 6.63. The van der Waals surface area contributed by atoms with Crippen LogP contribution < -0.4 is 0 Å². The number of carboxylic acids is 1. The monoisotopic (exact) mass is 376 g/mol. The van der Waals surface area contributed by atoms with Gasteiger partial charge in [0.05, 0.1) is 11.1 Å². The second-order valence-corrected chi connectivity index (χ2v) is 7.76. The van der Waals surface area contributed by atoms with Crippen LogP contribution in [0.25, 0.3) is 0 Å². The molecule has 0 saturated carbocycles. The molecule has 0 aromatic heterocycles. The van der Waals surface area contributed by atoms with Crippen molar-refractivity contribution in [3.8, 4) is 0 Å². The molecule has 0 saturated heterocycles. The van der Waals surface area contributed by atoms with Crippen LogP contribution in [0.3, 0.4) is 0 Å². The van der Waals surface area contributed by atoms with Crippen molar-refractivity contribution in [1.29, 1.82) is 0 Å². The van der Waals surface area contributed by atoms with E-state index in [9.17, 15) is 14.7 Å². The zero-order chi connectivity index (χ0) is 20.1. The predicted octanol–water partition coefficient (Wildman–Crippen LogP) is 6.49. The van der Waals surface area contributed by atoms with Gasteiger partial charge in [-0.05, 0) is 43.7 Å². The molecule has 27 heavy (non-hydrogen) atoms. The molecule has 0 fully saturated rings. The third-order valence-corrected chi connectivity index (χ3v) is 4.84. The average molecular weight is 377 g/mol. The summed E-state index contributed by atoms with van der Waals surface area (Å²) in [5.74, 6) is -0.937.